The molecule has 0 radical (unpaired) electrons. The van der Waals surface area contributed by atoms with Crippen molar-refractivity contribution in [1.82, 2.24) is 4.90 Å². The Morgan fingerprint density at radius 3 is 2.88 bits per heavy atom. The molecule has 17 heavy (non-hydrogen) atoms. The molecule has 3 rings (SSSR count). The number of nitrogens with one attached hydrogen (secondary N) is 1. The highest BCUT2D eigenvalue weighted by Gasteiger charge is 2.40. The third kappa shape index (κ3) is 1.37. The van der Waals surface area contributed by atoms with Crippen LogP contribution in [0.4, 0.5) is 5.69 Å². The van der Waals surface area contributed by atoms with E-state index < -0.39 is 6.04 Å². The number of rotatable bonds is 0. The van der Waals surface area contributed by atoms with Gasteiger partial charge in [0.2, 0.25) is 0 Å². The molecule has 4 heteroatoms. The topological polar surface area (TPSA) is 49.4 Å². The van der Waals surface area contributed by atoms with Gasteiger partial charge in [0.1, 0.15) is 6.04 Å². The first kappa shape index (κ1) is 10.1. The maximum atomic E-state index is 12.3. The Morgan fingerprint density at radius 1 is 1.29 bits per heavy atom. The van der Waals surface area contributed by atoms with E-state index in [1.165, 1.54) is 0 Å². The van der Waals surface area contributed by atoms with Crippen LogP contribution in [0.1, 0.15) is 16.8 Å². The van der Waals surface area contributed by atoms with Crippen LogP contribution in [0.3, 0.4) is 0 Å². The fourth-order valence-corrected chi connectivity index (χ4v) is 2.43. The summed E-state index contributed by atoms with van der Waals surface area (Å²) in [5.41, 5.74) is 1.95. The average Bonchev–Trinajstić information content (AvgIpc) is 2.66. The Morgan fingerprint density at radius 2 is 2.06 bits per heavy atom. The summed E-state index contributed by atoms with van der Waals surface area (Å²) in [7, 11) is 0. The van der Waals surface area contributed by atoms with Gasteiger partial charge < -0.3 is 10.2 Å². The summed E-state index contributed by atoms with van der Waals surface area (Å²) in [6.45, 7) is 4.45. The van der Waals surface area contributed by atoms with E-state index >= 15 is 0 Å². The van der Waals surface area contributed by atoms with E-state index in [2.05, 4.69) is 11.9 Å². The van der Waals surface area contributed by atoms with Gasteiger partial charge in [-0.25, -0.2) is 0 Å². The van der Waals surface area contributed by atoms with E-state index in [4.69, 9.17) is 0 Å². The fraction of sp³-hybridized carbons (Fsp3) is 0.231. The van der Waals surface area contributed by atoms with E-state index in [1.807, 2.05) is 0 Å². The molecule has 2 heterocycles. The summed E-state index contributed by atoms with van der Waals surface area (Å²) >= 11 is 0. The van der Waals surface area contributed by atoms with Gasteiger partial charge in [0.05, 0.1) is 11.3 Å². The molecule has 0 aliphatic carbocycles. The van der Waals surface area contributed by atoms with Crippen LogP contribution >= 0.6 is 0 Å². The number of fused-ring (bicyclic) bond motifs is 2. The smallest absolute Gasteiger partial charge is 0.256 e. The lowest BCUT2D eigenvalue weighted by molar-refractivity contribution is -0.118. The summed E-state index contributed by atoms with van der Waals surface area (Å²) in [4.78, 5) is 26.0. The van der Waals surface area contributed by atoms with Crippen molar-refractivity contribution in [3.8, 4) is 0 Å². The molecule has 1 aromatic carbocycles. The second-order valence-corrected chi connectivity index (χ2v) is 4.34. The van der Waals surface area contributed by atoms with E-state index in [-0.39, 0.29) is 11.8 Å². The Balaban J connectivity index is 2.13. The van der Waals surface area contributed by atoms with Crippen molar-refractivity contribution in [1.29, 1.82) is 0 Å². The predicted octanol–water partition coefficient (Wildman–Crippen LogP) is 1.41. The minimum Gasteiger partial charge on any atom is -0.323 e. The number of hydrogen-bond donors (Lipinski definition) is 1. The highest BCUT2D eigenvalue weighted by atomic mass is 16.2. The van der Waals surface area contributed by atoms with E-state index in [0.29, 0.717) is 24.2 Å². The predicted molar refractivity (Wildman–Crippen MR) is 63.7 cm³/mol. The molecule has 4 nitrogen and oxygen atoms in total. The highest BCUT2D eigenvalue weighted by Crippen LogP contribution is 2.30. The number of carbonyl (C=O) groups excluding carboxylic acids is 2. The molecular weight excluding hydrogens is 216 g/mol. The van der Waals surface area contributed by atoms with Crippen molar-refractivity contribution >= 4 is 17.5 Å². The molecule has 0 spiro atoms. The number of amides is 2. The van der Waals surface area contributed by atoms with Gasteiger partial charge in [-0.3, -0.25) is 9.59 Å². The number of nitrogens with zero attached hydrogens (tertiary/aromatic N) is 1. The Labute approximate surface area is 98.9 Å². The molecule has 0 aromatic heterocycles. The van der Waals surface area contributed by atoms with Gasteiger partial charge >= 0.3 is 0 Å². The summed E-state index contributed by atoms with van der Waals surface area (Å²) in [5.74, 6) is -0.256. The van der Waals surface area contributed by atoms with Crippen molar-refractivity contribution in [2.75, 3.05) is 11.9 Å². The first-order valence-corrected chi connectivity index (χ1v) is 5.57. The SMILES string of the molecule is C=C1CCN2C(=O)c3ccccc3NC(=O)C12. The maximum absolute atomic E-state index is 12.3. The van der Waals surface area contributed by atoms with Crippen LogP contribution in [-0.2, 0) is 4.79 Å². The van der Waals surface area contributed by atoms with Gasteiger partial charge in [0, 0.05) is 6.54 Å². The average molecular weight is 228 g/mol. The van der Waals surface area contributed by atoms with Crippen LogP contribution in [0.5, 0.6) is 0 Å². The van der Waals surface area contributed by atoms with Crippen LogP contribution in [0, 0.1) is 0 Å². The van der Waals surface area contributed by atoms with Gasteiger partial charge in [-0.2, -0.15) is 0 Å². The van der Waals surface area contributed by atoms with Crippen molar-refractivity contribution in [2.24, 2.45) is 0 Å². The summed E-state index contributed by atoms with van der Waals surface area (Å²) < 4.78 is 0. The molecule has 2 aliphatic rings. The Hall–Kier alpha value is -2.10. The molecule has 0 saturated carbocycles. The highest BCUT2D eigenvalue weighted by molar-refractivity contribution is 6.11. The lowest BCUT2D eigenvalue weighted by Crippen LogP contribution is -2.41. The zero-order valence-electron chi connectivity index (χ0n) is 9.27. The van der Waals surface area contributed by atoms with Crippen molar-refractivity contribution < 1.29 is 9.59 Å². The zero-order chi connectivity index (χ0) is 12.0. The van der Waals surface area contributed by atoms with Gasteiger partial charge in [-0.1, -0.05) is 18.7 Å². The molecule has 86 valence electrons. The summed E-state index contributed by atoms with van der Waals surface area (Å²) in [6.07, 6.45) is 0.700. The third-order valence-electron chi connectivity index (χ3n) is 3.30. The van der Waals surface area contributed by atoms with Crippen LogP contribution < -0.4 is 5.32 Å². The molecule has 1 unspecified atom stereocenters. The maximum Gasteiger partial charge on any atom is 0.256 e. The molecule has 1 aromatic rings. The van der Waals surface area contributed by atoms with Crippen LogP contribution in [0.2, 0.25) is 0 Å². The minimum absolute atomic E-state index is 0.0948. The monoisotopic (exact) mass is 228 g/mol. The first-order chi connectivity index (χ1) is 8.18. The van der Waals surface area contributed by atoms with Gasteiger partial charge in [-0.05, 0) is 24.1 Å². The van der Waals surface area contributed by atoms with Crippen molar-refractivity contribution in [2.45, 2.75) is 12.5 Å². The second-order valence-electron chi connectivity index (χ2n) is 4.34. The van der Waals surface area contributed by atoms with E-state index in [9.17, 15) is 9.59 Å². The van der Waals surface area contributed by atoms with Crippen LogP contribution in [-0.4, -0.2) is 29.3 Å². The second kappa shape index (κ2) is 3.45. The Bertz CT molecular complexity index is 536. The standard InChI is InChI=1S/C13H12N2O2/c1-8-6-7-15-11(8)12(16)14-10-5-3-2-4-9(10)13(15)17/h2-5,11H,1,6-7H2,(H,14,16). The largest absolute Gasteiger partial charge is 0.323 e. The summed E-state index contributed by atoms with van der Waals surface area (Å²) in [5, 5.41) is 2.79. The molecule has 1 atom stereocenters. The molecule has 2 amide bonds. The number of para-hydroxylation sites is 1. The zero-order valence-corrected chi connectivity index (χ0v) is 9.27. The normalized spacial score (nSPS) is 22.9. The number of anilines is 1. The first-order valence-electron chi connectivity index (χ1n) is 5.57. The lowest BCUT2D eigenvalue weighted by atomic mass is 10.1. The lowest BCUT2D eigenvalue weighted by Gasteiger charge is -2.20. The van der Waals surface area contributed by atoms with Crippen LogP contribution in [0.25, 0.3) is 0 Å². The van der Waals surface area contributed by atoms with Gasteiger partial charge in [0.15, 0.2) is 0 Å². The van der Waals surface area contributed by atoms with Crippen molar-refractivity contribution in [3.63, 3.8) is 0 Å². The number of benzene rings is 1. The molecule has 1 N–H and O–H groups in total. The van der Waals surface area contributed by atoms with Crippen molar-refractivity contribution in [3.05, 3.63) is 42.0 Å². The van der Waals surface area contributed by atoms with Gasteiger partial charge in [0.25, 0.3) is 11.8 Å². The van der Waals surface area contributed by atoms with E-state index in [0.717, 1.165) is 5.57 Å². The molecule has 1 fully saturated rings. The molecule has 2 aliphatic heterocycles. The fourth-order valence-electron chi connectivity index (χ4n) is 2.43. The summed E-state index contributed by atoms with van der Waals surface area (Å²) in [6, 6.07) is 6.58. The third-order valence-corrected chi connectivity index (χ3v) is 3.30. The van der Waals surface area contributed by atoms with E-state index in [1.54, 1.807) is 29.2 Å². The van der Waals surface area contributed by atoms with Gasteiger partial charge in [-0.15, -0.1) is 0 Å². The Kier molecular flexibility index (Phi) is 2.04. The molecule has 0 bridgehead atoms. The number of carbonyl (C=O) groups is 2. The van der Waals surface area contributed by atoms with Crippen LogP contribution in [0.15, 0.2) is 36.4 Å². The number of hydrogen-bond acceptors (Lipinski definition) is 2. The quantitative estimate of drug-likeness (QED) is 0.682. The molecule has 1 saturated heterocycles. The molecular formula is C13H12N2O2. The minimum atomic E-state index is -0.505.